The van der Waals surface area contributed by atoms with E-state index in [-0.39, 0.29) is 11.4 Å². The number of anilines is 1. The highest BCUT2D eigenvalue weighted by Gasteiger charge is 2.20. The van der Waals surface area contributed by atoms with Crippen LogP contribution in [-0.2, 0) is 4.74 Å². The van der Waals surface area contributed by atoms with E-state index in [0.29, 0.717) is 12.0 Å². The number of carbonyl (C=O) groups excluding carboxylic acids is 2. The Kier molecular flexibility index (Phi) is 3.31. The average Bonchev–Trinajstić information content (AvgIpc) is 2.44. The normalized spacial score (nSPS) is 11.0. The molecule has 0 saturated carbocycles. The topological polar surface area (TPSA) is 81.4 Å². The summed E-state index contributed by atoms with van der Waals surface area (Å²) in [5.74, 6) is -0.0247. The lowest BCUT2D eigenvalue weighted by molar-refractivity contribution is 0.0635. The molecule has 0 aliphatic heterocycles. The highest BCUT2D eigenvalue weighted by atomic mass is 16.6. The standard InChI is InChI=1S/C10H14N2O4/c1-6-8(7(5-13)16-12-6)11-9(14)15-10(2,3)4/h5H,1-4H3,(H,11,14). The zero-order valence-electron chi connectivity index (χ0n) is 9.66. The summed E-state index contributed by atoms with van der Waals surface area (Å²) < 4.78 is 9.72. The van der Waals surface area contributed by atoms with Crippen molar-refractivity contribution in [2.45, 2.75) is 33.3 Å². The molecular formula is C10H14N2O4. The van der Waals surface area contributed by atoms with E-state index in [2.05, 4.69) is 15.0 Å². The summed E-state index contributed by atoms with van der Waals surface area (Å²) in [5, 5.41) is 5.98. The molecule has 0 fully saturated rings. The third kappa shape index (κ3) is 3.08. The number of aromatic nitrogens is 1. The predicted octanol–water partition coefficient (Wildman–Crippen LogP) is 2.14. The first-order valence-corrected chi connectivity index (χ1v) is 4.75. The molecule has 0 aliphatic rings. The van der Waals surface area contributed by atoms with Crippen LogP contribution >= 0.6 is 0 Å². The number of ether oxygens (including phenoxy) is 1. The minimum Gasteiger partial charge on any atom is -0.444 e. The molecule has 0 aromatic carbocycles. The van der Waals surface area contributed by atoms with Crippen molar-refractivity contribution >= 4 is 18.1 Å². The Morgan fingerprint density at radius 1 is 1.50 bits per heavy atom. The summed E-state index contributed by atoms with van der Waals surface area (Å²) in [6, 6.07) is 0. The molecule has 6 heteroatoms. The van der Waals surface area contributed by atoms with Crippen molar-refractivity contribution in [1.29, 1.82) is 0 Å². The van der Waals surface area contributed by atoms with E-state index in [1.165, 1.54) is 0 Å². The highest BCUT2D eigenvalue weighted by Crippen LogP contribution is 2.19. The van der Waals surface area contributed by atoms with Crippen LogP contribution in [0.5, 0.6) is 0 Å². The molecule has 1 aromatic heterocycles. The third-order valence-electron chi connectivity index (χ3n) is 1.62. The fourth-order valence-corrected chi connectivity index (χ4v) is 1.03. The molecule has 0 bridgehead atoms. The second-order valence-corrected chi connectivity index (χ2v) is 4.25. The van der Waals surface area contributed by atoms with E-state index < -0.39 is 11.7 Å². The van der Waals surface area contributed by atoms with Crippen LogP contribution in [0.15, 0.2) is 4.52 Å². The largest absolute Gasteiger partial charge is 0.444 e. The van der Waals surface area contributed by atoms with Crippen LogP contribution in [0.4, 0.5) is 10.5 Å². The highest BCUT2D eigenvalue weighted by molar-refractivity contribution is 5.92. The summed E-state index contributed by atoms with van der Waals surface area (Å²) in [4.78, 5) is 22.0. The first kappa shape index (κ1) is 12.2. The molecule has 0 spiro atoms. The first-order valence-electron chi connectivity index (χ1n) is 4.75. The number of amides is 1. The molecule has 1 N–H and O–H groups in total. The van der Waals surface area contributed by atoms with Gasteiger partial charge in [0.2, 0.25) is 5.76 Å². The van der Waals surface area contributed by atoms with Gasteiger partial charge in [-0.25, -0.2) is 4.79 Å². The maximum absolute atomic E-state index is 11.4. The molecule has 0 radical (unpaired) electrons. The summed E-state index contributed by atoms with van der Waals surface area (Å²) in [6.45, 7) is 6.85. The first-order chi connectivity index (χ1) is 7.33. The summed E-state index contributed by atoms with van der Waals surface area (Å²) in [6.07, 6.45) is -0.172. The van der Waals surface area contributed by atoms with Gasteiger partial charge in [-0.05, 0) is 27.7 Å². The molecule has 0 saturated heterocycles. The van der Waals surface area contributed by atoms with Gasteiger partial charge < -0.3 is 9.26 Å². The van der Waals surface area contributed by atoms with Crippen LogP contribution in [-0.4, -0.2) is 23.1 Å². The van der Waals surface area contributed by atoms with Crippen molar-refractivity contribution in [1.82, 2.24) is 5.16 Å². The molecule has 0 unspecified atom stereocenters. The van der Waals surface area contributed by atoms with Crippen LogP contribution in [0.2, 0.25) is 0 Å². The molecule has 1 aromatic rings. The number of aldehydes is 1. The lowest BCUT2D eigenvalue weighted by Crippen LogP contribution is -2.27. The van der Waals surface area contributed by atoms with Crippen LogP contribution in [0, 0.1) is 6.92 Å². The number of nitrogens with zero attached hydrogens (tertiary/aromatic N) is 1. The van der Waals surface area contributed by atoms with Crippen LogP contribution in [0.25, 0.3) is 0 Å². The van der Waals surface area contributed by atoms with Gasteiger partial charge in [-0.1, -0.05) is 5.16 Å². The molecule has 88 valence electrons. The number of aryl methyl sites for hydroxylation is 1. The van der Waals surface area contributed by atoms with Crippen molar-refractivity contribution in [2.24, 2.45) is 0 Å². The number of carbonyl (C=O) groups is 2. The van der Waals surface area contributed by atoms with Gasteiger partial charge in [0.25, 0.3) is 0 Å². The summed E-state index contributed by atoms with van der Waals surface area (Å²) in [7, 11) is 0. The lowest BCUT2D eigenvalue weighted by Gasteiger charge is -2.19. The Morgan fingerprint density at radius 3 is 2.62 bits per heavy atom. The van der Waals surface area contributed by atoms with Gasteiger partial charge in [-0.3, -0.25) is 10.1 Å². The fourth-order valence-electron chi connectivity index (χ4n) is 1.03. The van der Waals surface area contributed by atoms with Gasteiger partial charge in [-0.2, -0.15) is 0 Å². The van der Waals surface area contributed by atoms with E-state index in [1.807, 2.05) is 0 Å². The summed E-state index contributed by atoms with van der Waals surface area (Å²) >= 11 is 0. The van der Waals surface area contributed by atoms with E-state index in [0.717, 1.165) is 0 Å². The molecule has 1 rings (SSSR count). The Bertz CT molecular complexity index is 403. The van der Waals surface area contributed by atoms with E-state index in [4.69, 9.17) is 4.74 Å². The van der Waals surface area contributed by atoms with Crippen LogP contribution in [0.1, 0.15) is 37.0 Å². The second-order valence-electron chi connectivity index (χ2n) is 4.25. The van der Waals surface area contributed by atoms with Gasteiger partial charge >= 0.3 is 6.09 Å². The molecule has 6 nitrogen and oxygen atoms in total. The SMILES string of the molecule is Cc1noc(C=O)c1NC(=O)OC(C)(C)C. The van der Waals surface area contributed by atoms with Crippen molar-refractivity contribution in [3.05, 3.63) is 11.5 Å². The van der Waals surface area contributed by atoms with Crippen LogP contribution in [0.3, 0.4) is 0 Å². The van der Waals surface area contributed by atoms with E-state index in [9.17, 15) is 9.59 Å². The number of hydrogen-bond acceptors (Lipinski definition) is 5. The van der Waals surface area contributed by atoms with E-state index in [1.54, 1.807) is 27.7 Å². The maximum Gasteiger partial charge on any atom is 0.412 e. The van der Waals surface area contributed by atoms with Gasteiger partial charge in [0, 0.05) is 0 Å². The molecule has 16 heavy (non-hydrogen) atoms. The van der Waals surface area contributed by atoms with Gasteiger partial charge in [0.05, 0.1) is 0 Å². The van der Waals surface area contributed by atoms with Gasteiger partial charge in [0.15, 0.2) is 6.29 Å². The minimum absolute atomic E-state index is 0.0247. The smallest absolute Gasteiger partial charge is 0.412 e. The van der Waals surface area contributed by atoms with E-state index >= 15 is 0 Å². The van der Waals surface area contributed by atoms with Crippen LogP contribution < -0.4 is 5.32 Å². The van der Waals surface area contributed by atoms with Crippen molar-refractivity contribution < 1.29 is 18.8 Å². The fraction of sp³-hybridized carbons (Fsp3) is 0.500. The predicted molar refractivity (Wildman–Crippen MR) is 56.5 cm³/mol. The zero-order chi connectivity index (χ0) is 12.3. The minimum atomic E-state index is -0.651. The second kappa shape index (κ2) is 4.34. The van der Waals surface area contributed by atoms with Crippen molar-refractivity contribution in [3.63, 3.8) is 0 Å². The monoisotopic (exact) mass is 226 g/mol. The van der Waals surface area contributed by atoms with Gasteiger partial charge in [0.1, 0.15) is 17.0 Å². The van der Waals surface area contributed by atoms with Gasteiger partial charge in [-0.15, -0.1) is 0 Å². The number of hydrogen-bond donors (Lipinski definition) is 1. The van der Waals surface area contributed by atoms with Crippen molar-refractivity contribution in [3.8, 4) is 0 Å². The average molecular weight is 226 g/mol. The zero-order valence-corrected chi connectivity index (χ0v) is 9.66. The molecule has 0 atom stereocenters. The Balaban J connectivity index is 2.77. The lowest BCUT2D eigenvalue weighted by atomic mass is 10.2. The molecule has 1 heterocycles. The maximum atomic E-state index is 11.4. The Hall–Kier alpha value is -1.85. The number of rotatable bonds is 2. The molecular weight excluding hydrogens is 212 g/mol. The van der Waals surface area contributed by atoms with Crippen molar-refractivity contribution in [2.75, 3.05) is 5.32 Å². The Labute approximate surface area is 92.9 Å². The quantitative estimate of drug-likeness (QED) is 0.781. The third-order valence-corrected chi connectivity index (χ3v) is 1.62. The summed E-state index contributed by atoms with van der Waals surface area (Å²) in [5.41, 5.74) is 0.0634. The molecule has 0 aliphatic carbocycles. The molecule has 1 amide bonds. The number of nitrogens with one attached hydrogen (secondary N) is 1. The Morgan fingerprint density at radius 2 is 2.12 bits per heavy atom.